The number of nitrogens with two attached hydrogens (primary N) is 1. The second-order valence-corrected chi connectivity index (χ2v) is 3.71. The molecule has 0 saturated carbocycles. The lowest BCUT2D eigenvalue weighted by molar-refractivity contribution is -0.143. The largest absolute Gasteiger partial charge is 0.481 e. The van der Waals surface area contributed by atoms with E-state index in [0.29, 0.717) is 6.42 Å². The molecule has 14 heavy (non-hydrogen) atoms. The zero-order valence-corrected chi connectivity index (χ0v) is 7.81. The molecule has 2 rings (SSSR count). The molecule has 1 aliphatic rings. The summed E-state index contributed by atoms with van der Waals surface area (Å²) in [6.45, 7) is 0. The van der Waals surface area contributed by atoms with Crippen molar-refractivity contribution in [2.24, 2.45) is 11.7 Å². The average Bonchev–Trinajstić information content (AvgIpc) is 2.18. The van der Waals surface area contributed by atoms with E-state index in [0.717, 1.165) is 12.0 Å². The molecule has 2 atom stereocenters. The van der Waals surface area contributed by atoms with Gasteiger partial charge in [-0.25, -0.2) is 0 Å². The number of carboxylic acid groups (broad SMARTS) is 1. The van der Waals surface area contributed by atoms with E-state index in [2.05, 4.69) is 0 Å². The van der Waals surface area contributed by atoms with Crippen LogP contribution in [0, 0.1) is 5.92 Å². The van der Waals surface area contributed by atoms with Crippen molar-refractivity contribution in [3.63, 3.8) is 0 Å². The van der Waals surface area contributed by atoms with Gasteiger partial charge in [0.2, 0.25) is 0 Å². The first kappa shape index (κ1) is 9.21. The average molecular weight is 191 g/mol. The highest BCUT2D eigenvalue weighted by Crippen LogP contribution is 2.32. The number of fused-ring (bicyclic) bond motifs is 1. The summed E-state index contributed by atoms with van der Waals surface area (Å²) in [7, 11) is 0. The van der Waals surface area contributed by atoms with E-state index in [1.165, 1.54) is 5.56 Å². The second-order valence-electron chi connectivity index (χ2n) is 3.71. The van der Waals surface area contributed by atoms with Crippen LogP contribution in [0.2, 0.25) is 0 Å². The van der Waals surface area contributed by atoms with Gasteiger partial charge in [-0.1, -0.05) is 24.3 Å². The minimum absolute atomic E-state index is 0.350. The van der Waals surface area contributed by atoms with E-state index in [9.17, 15) is 4.79 Å². The molecule has 74 valence electrons. The van der Waals surface area contributed by atoms with Crippen LogP contribution in [0.25, 0.3) is 0 Å². The van der Waals surface area contributed by atoms with E-state index >= 15 is 0 Å². The Balaban J connectivity index is 2.36. The number of hydrogen-bond donors (Lipinski definition) is 2. The highest BCUT2D eigenvalue weighted by atomic mass is 16.4. The SMILES string of the molecule is N[C@H]1c2ccccc2CC[C@H]1C(=O)O. The van der Waals surface area contributed by atoms with E-state index in [1.807, 2.05) is 24.3 Å². The zero-order chi connectivity index (χ0) is 10.1. The van der Waals surface area contributed by atoms with Gasteiger partial charge >= 0.3 is 5.97 Å². The molecule has 0 aliphatic heterocycles. The summed E-state index contributed by atoms with van der Waals surface area (Å²) in [6.07, 6.45) is 1.47. The molecular weight excluding hydrogens is 178 g/mol. The Morgan fingerprint density at radius 2 is 2.14 bits per heavy atom. The van der Waals surface area contributed by atoms with Crippen molar-refractivity contribution in [3.8, 4) is 0 Å². The Morgan fingerprint density at radius 3 is 2.86 bits per heavy atom. The Kier molecular flexibility index (Phi) is 2.25. The van der Waals surface area contributed by atoms with Gasteiger partial charge in [-0.3, -0.25) is 4.79 Å². The summed E-state index contributed by atoms with van der Waals surface area (Å²) in [5.74, 6) is -1.21. The second kappa shape index (κ2) is 3.42. The standard InChI is InChI=1S/C11H13NO2/c12-10-8-4-2-1-3-7(8)5-6-9(10)11(13)14/h1-4,9-10H,5-6,12H2,(H,13,14)/t9-,10+/m1/s1. The predicted octanol–water partition coefficient (Wildman–Crippen LogP) is 1.33. The molecule has 3 heteroatoms. The highest BCUT2D eigenvalue weighted by molar-refractivity contribution is 5.72. The van der Waals surface area contributed by atoms with Crippen LogP contribution in [0.1, 0.15) is 23.6 Å². The number of rotatable bonds is 1. The first-order valence-electron chi connectivity index (χ1n) is 4.76. The smallest absolute Gasteiger partial charge is 0.308 e. The molecule has 1 aromatic carbocycles. The zero-order valence-electron chi connectivity index (χ0n) is 7.81. The molecule has 0 radical (unpaired) electrons. The number of carbonyl (C=O) groups is 1. The summed E-state index contributed by atoms with van der Waals surface area (Å²) in [6, 6.07) is 7.47. The molecule has 0 saturated heterocycles. The summed E-state index contributed by atoms with van der Waals surface area (Å²) in [4.78, 5) is 10.9. The van der Waals surface area contributed by atoms with Crippen molar-refractivity contribution >= 4 is 5.97 Å². The van der Waals surface area contributed by atoms with Gasteiger partial charge in [-0.2, -0.15) is 0 Å². The van der Waals surface area contributed by atoms with Crippen molar-refractivity contribution in [2.45, 2.75) is 18.9 Å². The van der Waals surface area contributed by atoms with Crippen molar-refractivity contribution in [1.29, 1.82) is 0 Å². The summed E-state index contributed by atoms with van der Waals surface area (Å²) >= 11 is 0. The summed E-state index contributed by atoms with van der Waals surface area (Å²) in [5.41, 5.74) is 8.09. The minimum Gasteiger partial charge on any atom is -0.481 e. The van der Waals surface area contributed by atoms with Crippen molar-refractivity contribution in [2.75, 3.05) is 0 Å². The number of benzene rings is 1. The fourth-order valence-electron chi connectivity index (χ4n) is 2.07. The fraction of sp³-hybridized carbons (Fsp3) is 0.364. The van der Waals surface area contributed by atoms with Crippen LogP contribution in [0.15, 0.2) is 24.3 Å². The minimum atomic E-state index is -0.785. The lowest BCUT2D eigenvalue weighted by Gasteiger charge is -2.27. The van der Waals surface area contributed by atoms with Crippen molar-refractivity contribution in [3.05, 3.63) is 35.4 Å². The molecule has 0 spiro atoms. The van der Waals surface area contributed by atoms with E-state index in [1.54, 1.807) is 0 Å². The Morgan fingerprint density at radius 1 is 1.43 bits per heavy atom. The van der Waals surface area contributed by atoms with Gasteiger partial charge in [0.1, 0.15) is 0 Å². The molecule has 3 N–H and O–H groups in total. The number of aryl methyl sites for hydroxylation is 1. The van der Waals surface area contributed by atoms with Crippen molar-refractivity contribution in [1.82, 2.24) is 0 Å². The number of aliphatic carboxylic acids is 1. The van der Waals surface area contributed by atoms with Gasteiger partial charge in [0, 0.05) is 6.04 Å². The maximum absolute atomic E-state index is 10.9. The third kappa shape index (κ3) is 1.40. The quantitative estimate of drug-likeness (QED) is 0.704. The highest BCUT2D eigenvalue weighted by Gasteiger charge is 2.31. The maximum Gasteiger partial charge on any atom is 0.308 e. The first-order valence-corrected chi connectivity index (χ1v) is 4.76. The Labute approximate surface area is 82.5 Å². The molecule has 3 nitrogen and oxygen atoms in total. The molecule has 0 unspecified atom stereocenters. The molecule has 0 heterocycles. The molecule has 0 aromatic heterocycles. The summed E-state index contributed by atoms with van der Waals surface area (Å²) < 4.78 is 0. The van der Waals surface area contributed by atoms with Crippen LogP contribution < -0.4 is 5.73 Å². The first-order chi connectivity index (χ1) is 6.70. The lowest BCUT2D eigenvalue weighted by atomic mass is 9.80. The van der Waals surface area contributed by atoms with Gasteiger partial charge in [0.15, 0.2) is 0 Å². The normalized spacial score (nSPS) is 25.5. The van der Waals surface area contributed by atoms with Crippen molar-refractivity contribution < 1.29 is 9.90 Å². The van der Waals surface area contributed by atoms with E-state index in [-0.39, 0.29) is 6.04 Å². The predicted molar refractivity (Wildman–Crippen MR) is 52.8 cm³/mol. The maximum atomic E-state index is 10.9. The van der Waals surface area contributed by atoms with Gasteiger partial charge in [-0.05, 0) is 24.0 Å². The molecular formula is C11H13NO2. The molecule has 1 aromatic rings. The monoisotopic (exact) mass is 191 g/mol. The van der Waals surface area contributed by atoms with Crippen LogP contribution in [0.4, 0.5) is 0 Å². The molecule has 0 bridgehead atoms. The van der Waals surface area contributed by atoms with Crippen LogP contribution in [-0.4, -0.2) is 11.1 Å². The third-order valence-electron chi connectivity index (χ3n) is 2.89. The van der Waals surface area contributed by atoms with Gasteiger partial charge in [-0.15, -0.1) is 0 Å². The Bertz CT molecular complexity index is 362. The summed E-state index contributed by atoms with van der Waals surface area (Å²) in [5, 5.41) is 8.95. The van der Waals surface area contributed by atoms with Crippen LogP contribution in [0.5, 0.6) is 0 Å². The number of carboxylic acids is 1. The van der Waals surface area contributed by atoms with Crippen LogP contribution in [-0.2, 0) is 11.2 Å². The molecule has 0 fully saturated rings. The van der Waals surface area contributed by atoms with E-state index in [4.69, 9.17) is 10.8 Å². The third-order valence-corrected chi connectivity index (χ3v) is 2.89. The van der Waals surface area contributed by atoms with E-state index < -0.39 is 11.9 Å². The molecule has 1 aliphatic carbocycles. The van der Waals surface area contributed by atoms with Gasteiger partial charge in [0.25, 0.3) is 0 Å². The topological polar surface area (TPSA) is 63.3 Å². The number of hydrogen-bond acceptors (Lipinski definition) is 2. The van der Waals surface area contributed by atoms with Crippen LogP contribution in [0.3, 0.4) is 0 Å². The van der Waals surface area contributed by atoms with Gasteiger partial charge in [0.05, 0.1) is 5.92 Å². The van der Waals surface area contributed by atoms with Gasteiger partial charge < -0.3 is 10.8 Å². The Hall–Kier alpha value is -1.35. The van der Waals surface area contributed by atoms with Crippen LogP contribution >= 0.6 is 0 Å². The fourth-order valence-corrected chi connectivity index (χ4v) is 2.07. The lowest BCUT2D eigenvalue weighted by Crippen LogP contribution is -2.32. The molecule has 0 amide bonds.